The fraction of sp³-hybridized carbons (Fsp3) is 0. The van der Waals surface area contributed by atoms with E-state index in [1.165, 1.54) is 16.5 Å². The molecule has 0 radical (unpaired) electrons. The van der Waals surface area contributed by atoms with Crippen molar-refractivity contribution in [3.8, 4) is 11.1 Å². The van der Waals surface area contributed by atoms with Crippen LogP contribution in [0.4, 0.5) is 0 Å². The number of benzene rings is 1. The maximum absolute atomic E-state index is 4.34. The highest BCUT2D eigenvalue weighted by Gasteiger charge is 2.03. The molecule has 1 aromatic carbocycles. The normalized spacial score (nSPS) is 10.7. The predicted octanol–water partition coefficient (Wildman–Crippen LogP) is 3.23. The minimum Gasteiger partial charge on any atom is -0.367 e. The largest absolute Gasteiger partial charge is 0.367 e. The smallest absolute Gasteiger partial charge is 0.0708 e. The summed E-state index contributed by atoms with van der Waals surface area (Å²) in [5.41, 5.74) is 3.46. The Kier molecular flexibility index (Phi) is 1.78. The van der Waals surface area contributed by atoms with E-state index in [-0.39, 0.29) is 0 Å². The van der Waals surface area contributed by atoms with Crippen molar-refractivity contribution >= 4 is 10.9 Å². The van der Waals surface area contributed by atoms with Crippen molar-refractivity contribution in [1.82, 2.24) is 9.97 Å². The summed E-state index contributed by atoms with van der Waals surface area (Å²) in [5.74, 6) is 0. The van der Waals surface area contributed by atoms with Crippen molar-refractivity contribution in [3.63, 3.8) is 0 Å². The van der Waals surface area contributed by atoms with Gasteiger partial charge in [-0.3, -0.25) is 4.98 Å². The average Bonchev–Trinajstić information content (AvgIpc) is 2.82. The maximum atomic E-state index is 4.34. The highest BCUT2D eigenvalue weighted by molar-refractivity contribution is 5.93. The van der Waals surface area contributed by atoms with Crippen LogP contribution in [0.25, 0.3) is 22.0 Å². The van der Waals surface area contributed by atoms with Crippen LogP contribution in [0.15, 0.2) is 55.0 Å². The molecule has 0 atom stereocenters. The Bertz CT molecular complexity index is 577. The number of aromatic nitrogens is 2. The molecule has 3 aromatic rings. The topological polar surface area (TPSA) is 28.7 Å². The molecule has 15 heavy (non-hydrogen) atoms. The summed E-state index contributed by atoms with van der Waals surface area (Å²) < 4.78 is 0. The van der Waals surface area contributed by atoms with Crippen molar-refractivity contribution in [1.29, 1.82) is 0 Å². The molecule has 0 saturated heterocycles. The molecule has 0 aliphatic rings. The molecule has 0 amide bonds. The quantitative estimate of drug-likeness (QED) is 0.633. The van der Waals surface area contributed by atoms with E-state index in [1.54, 1.807) is 0 Å². The summed E-state index contributed by atoms with van der Waals surface area (Å²) in [6.07, 6.45) is 5.79. The lowest BCUT2D eigenvalue weighted by atomic mass is 10.0. The average molecular weight is 194 g/mol. The SMILES string of the molecule is c1ccc2c(-c3cc[nH]c3)ccnc2c1. The van der Waals surface area contributed by atoms with Gasteiger partial charge in [0.1, 0.15) is 0 Å². The first-order valence-corrected chi connectivity index (χ1v) is 4.92. The van der Waals surface area contributed by atoms with Gasteiger partial charge in [-0.2, -0.15) is 0 Å². The molecule has 1 N–H and O–H groups in total. The Morgan fingerprint density at radius 3 is 2.80 bits per heavy atom. The Labute approximate surface area is 87.6 Å². The summed E-state index contributed by atoms with van der Waals surface area (Å²) in [7, 11) is 0. The van der Waals surface area contributed by atoms with E-state index in [1.807, 2.05) is 42.9 Å². The first-order valence-electron chi connectivity index (χ1n) is 4.92. The number of rotatable bonds is 1. The van der Waals surface area contributed by atoms with E-state index in [0.717, 1.165) is 5.52 Å². The van der Waals surface area contributed by atoms with Gasteiger partial charge < -0.3 is 4.98 Å². The predicted molar refractivity (Wildman–Crippen MR) is 61.5 cm³/mol. The first kappa shape index (κ1) is 8.24. The molecule has 0 aliphatic heterocycles. The van der Waals surface area contributed by atoms with Crippen LogP contribution in [-0.4, -0.2) is 9.97 Å². The molecule has 0 aliphatic carbocycles. The minimum atomic E-state index is 1.04. The zero-order valence-corrected chi connectivity index (χ0v) is 8.14. The standard InChI is InChI=1S/C13H10N2/c1-2-4-13-12(3-1)11(6-8-15-13)10-5-7-14-9-10/h1-9,14H. The summed E-state index contributed by atoms with van der Waals surface area (Å²) in [6.45, 7) is 0. The molecule has 0 unspecified atom stereocenters. The van der Waals surface area contributed by atoms with E-state index < -0.39 is 0 Å². The Morgan fingerprint density at radius 1 is 1.00 bits per heavy atom. The fourth-order valence-electron chi connectivity index (χ4n) is 1.84. The number of para-hydroxylation sites is 1. The summed E-state index contributed by atoms with van der Waals surface area (Å²) in [5, 5.41) is 1.19. The second-order valence-corrected chi connectivity index (χ2v) is 3.48. The summed E-state index contributed by atoms with van der Waals surface area (Å²) in [4.78, 5) is 7.41. The second kappa shape index (κ2) is 3.24. The van der Waals surface area contributed by atoms with E-state index in [0.29, 0.717) is 0 Å². The molecule has 2 aromatic heterocycles. The molecule has 0 spiro atoms. The van der Waals surface area contributed by atoms with Gasteiger partial charge >= 0.3 is 0 Å². The molecule has 3 rings (SSSR count). The van der Waals surface area contributed by atoms with Crippen molar-refractivity contribution in [2.24, 2.45) is 0 Å². The lowest BCUT2D eigenvalue weighted by Crippen LogP contribution is -1.81. The van der Waals surface area contributed by atoms with Crippen LogP contribution in [0.3, 0.4) is 0 Å². The third-order valence-electron chi connectivity index (χ3n) is 2.56. The van der Waals surface area contributed by atoms with Crippen LogP contribution in [0.5, 0.6) is 0 Å². The Hall–Kier alpha value is -2.09. The van der Waals surface area contributed by atoms with Gasteiger partial charge in [0.2, 0.25) is 0 Å². The molecule has 72 valence electrons. The lowest BCUT2D eigenvalue weighted by molar-refractivity contribution is 1.40. The van der Waals surface area contributed by atoms with Gasteiger partial charge in [0, 0.05) is 24.0 Å². The molecule has 2 heterocycles. The Morgan fingerprint density at radius 2 is 1.93 bits per heavy atom. The zero-order valence-electron chi connectivity index (χ0n) is 8.14. The molecule has 2 nitrogen and oxygen atoms in total. The molecular weight excluding hydrogens is 184 g/mol. The van der Waals surface area contributed by atoms with E-state index in [4.69, 9.17) is 0 Å². The number of pyridine rings is 1. The van der Waals surface area contributed by atoms with Gasteiger partial charge in [-0.05, 0) is 29.3 Å². The van der Waals surface area contributed by atoms with Gasteiger partial charge in [-0.1, -0.05) is 18.2 Å². The summed E-state index contributed by atoms with van der Waals surface area (Å²) >= 11 is 0. The van der Waals surface area contributed by atoms with Crippen molar-refractivity contribution in [3.05, 3.63) is 55.0 Å². The molecular formula is C13H10N2. The van der Waals surface area contributed by atoms with Crippen LogP contribution in [0.1, 0.15) is 0 Å². The van der Waals surface area contributed by atoms with E-state index in [2.05, 4.69) is 22.1 Å². The molecule has 0 saturated carbocycles. The highest BCUT2D eigenvalue weighted by atomic mass is 14.7. The highest BCUT2D eigenvalue weighted by Crippen LogP contribution is 2.26. The summed E-state index contributed by atoms with van der Waals surface area (Å²) in [6, 6.07) is 12.3. The number of hydrogen-bond donors (Lipinski definition) is 1. The van der Waals surface area contributed by atoms with Crippen LogP contribution in [0, 0.1) is 0 Å². The monoisotopic (exact) mass is 194 g/mol. The van der Waals surface area contributed by atoms with Gasteiger partial charge in [0.05, 0.1) is 5.52 Å². The third kappa shape index (κ3) is 1.31. The molecule has 0 fully saturated rings. The van der Waals surface area contributed by atoms with Crippen molar-refractivity contribution in [2.75, 3.05) is 0 Å². The van der Waals surface area contributed by atoms with Gasteiger partial charge in [-0.25, -0.2) is 0 Å². The number of hydrogen-bond acceptors (Lipinski definition) is 1. The van der Waals surface area contributed by atoms with Crippen molar-refractivity contribution in [2.45, 2.75) is 0 Å². The molecule has 0 bridgehead atoms. The maximum Gasteiger partial charge on any atom is 0.0708 e. The van der Waals surface area contributed by atoms with Crippen molar-refractivity contribution < 1.29 is 0 Å². The van der Waals surface area contributed by atoms with Gasteiger partial charge in [0.25, 0.3) is 0 Å². The van der Waals surface area contributed by atoms with Gasteiger partial charge in [0.15, 0.2) is 0 Å². The van der Waals surface area contributed by atoms with Crippen LogP contribution in [-0.2, 0) is 0 Å². The van der Waals surface area contributed by atoms with Crippen LogP contribution in [0.2, 0.25) is 0 Å². The number of nitrogens with one attached hydrogen (secondary N) is 1. The number of H-pyrrole nitrogens is 1. The first-order chi connectivity index (χ1) is 7.45. The number of nitrogens with zero attached hydrogens (tertiary/aromatic N) is 1. The fourth-order valence-corrected chi connectivity index (χ4v) is 1.84. The van der Waals surface area contributed by atoms with Crippen LogP contribution < -0.4 is 0 Å². The molecule has 2 heteroatoms. The van der Waals surface area contributed by atoms with E-state index in [9.17, 15) is 0 Å². The van der Waals surface area contributed by atoms with Crippen LogP contribution >= 0.6 is 0 Å². The van der Waals surface area contributed by atoms with Gasteiger partial charge in [-0.15, -0.1) is 0 Å². The second-order valence-electron chi connectivity index (χ2n) is 3.48. The number of fused-ring (bicyclic) bond motifs is 1. The van der Waals surface area contributed by atoms with E-state index >= 15 is 0 Å². The number of aromatic amines is 1. The third-order valence-corrected chi connectivity index (χ3v) is 2.56. The Balaban J connectivity index is 2.36. The minimum absolute atomic E-state index is 1.04. The zero-order chi connectivity index (χ0) is 10.1. The lowest BCUT2D eigenvalue weighted by Gasteiger charge is -2.02.